The number of halogens is 1. The van der Waals surface area contributed by atoms with Crippen molar-refractivity contribution < 1.29 is 0 Å². The van der Waals surface area contributed by atoms with Crippen LogP contribution in [-0.2, 0) is 6.42 Å². The molecule has 0 bridgehead atoms. The summed E-state index contributed by atoms with van der Waals surface area (Å²) in [6, 6.07) is 18.2. The van der Waals surface area contributed by atoms with Gasteiger partial charge in [0.25, 0.3) is 0 Å². The molecule has 1 atom stereocenters. The molecule has 90 valence electrons. The molecule has 0 heterocycles. The van der Waals surface area contributed by atoms with E-state index in [-0.39, 0.29) is 5.92 Å². The lowest BCUT2D eigenvalue weighted by molar-refractivity contribution is 0.849. The van der Waals surface area contributed by atoms with E-state index in [0.717, 1.165) is 12.0 Å². The summed E-state index contributed by atoms with van der Waals surface area (Å²) in [5, 5.41) is 9.97. The zero-order chi connectivity index (χ0) is 13.0. The van der Waals surface area contributed by atoms with Gasteiger partial charge in [-0.3, -0.25) is 0 Å². The Balaban J connectivity index is 2.20. The summed E-state index contributed by atoms with van der Waals surface area (Å²) in [5.74, 6) is -0.147. The molecule has 0 fully saturated rings. The third-order valence-corrected chi connectivity index (χ3v) is 3.20. The fourth-order valence-corrected chi connectivity index (χ4v) is 2.12. The van der Waals surface area contributed by atoms with Gasteiger partial charge >= 0.3 is 0 Å². The fourth-order valence-electron chi connectivity index (χ4n) is 1.92. The first-order valence-electron chi connectivity index (χ1n) is 5.89. The second kappa shape index (κ2) is 5.71. The molecule has 2 heteroatoms. The second-order valence-corrected chi connectivity index (χ2v) is 4.86. The fraction of sp³-hybridized carbons (Fsp3) is 0.188. The standard InChI is InChI=1S/C16H14ClN/c1-12-5-7-13(8-6-12)9-15(11-18)14-3-2-4-16(17)10-14/h2-8,10,15H,9H2,1H3. The quantitative estimate of drug-likeness (QED) is 0.792. The first-order chi connectivity index (χ1) is 8.69. The molecule has 1 nitrogen and oxygen atoms in total. The molecule has 0 N–H and O–H groups in total. The van der Waals surface area contributed by atoms with E-state index in [0.29, 0.717) is 5.02 Å². The van der Waals surface area contributed by atoms with Gasteiger partial charge in [-0.25, -0.2) is 0 Å². The van der Waals surface area contributed by atoms with Crippen LogP contribution in [0.1, 0.15) is 22.6 Å². The number of hydrogen-bond acceptors (Lipinski definition) is 1. The molecule has 0 aliphatic carbocycles. The highest BCUT2D eigenvalue weighted by atomic mass is 35.5. The average Bonchev–Trinajstić information content (AvgIpc) is 2.38. The van der Waals surface area contributed by atoms with Crippen molar-refractivity contribution in [2.45, 2.75) is 19.3 Å². The Labute approximate surface area is 113 Å². The van der Waals surface area contributed by atoms with Crippen LogP contribution in [0.15, 0.2) is 48.5 Å². The molecule has 0 aliphatic rings. The minimum atomic E-state index is -0.147. The van der Waals surface area contributed by atoms with E-state index in [4.69, 9.17) is 11.6 Å². The Bertz CT molecular complexity index is 566. The lowest BCUT2D eigenvalue weighted by Crippen LogP contribution is -2.00. The van der Waals surface area contributed by atoms with Crippen LogP contribution in [0, 0.1) is 18.3 Å². The van der Waals surface area contributed by atoms with E-state index < -0.39 is 0 Å². The van der Waals surface area contributed by atoms with Crippen LogP contribution in [0.2, 0.25) is 5.02 Å². The number of benzene rings is 2. The van der Waals surface area contributed by atoms with Crippen LogP contribution in [0.5, 0.6) is 0 Å². The minimum absolute atomic E-state index is 0.147. The van der Waals surface area contributed by atoms with Crippen LogP contribution in [0.4, 0.5) is 0 Å². The number of nitriles is 1. The van der Waals surface area contributed by atoms with Crippen molar-refractivity contribution in [1.82, 2.24) is 0 Å². The third-order valence-electron chi connectivity index (χ3n) is 2.97. The molecule has 18 heavy (non-hydrogen) atoms. The van der Waals surface area contributed by atoms with E-state index in [1.165, 1.54) is 11.1 Å². The summed E-state index contributed by atoms with van der Waals surface area (Å²) < 4.78 is 0. The number of rotatable bonds is 3. The van der Waals surface area contributed by atoms with E-state index in [9.17, 15) is 5.26 Å². The average molecular weight is 256 g/mol. The monoisotopic (exact) mass is 255 g/mol. The lowest BCUT2D eigenvalue weighted by atomic mass is 9.93. The first-order valence-corrected chi connectivity index (χ1v) is 6.27. The summed E-state index contributed by atoms with van der Waals surface area (Å²) in [4.78, 5) is 0. The Kier molecular flexibility index (Phi) is 4.02. The van der Waals surface area contributed by atoms with Gasteiger partial charge in [-0.1, -0.05) is 53.6 Å². The van der Waals surface area contributed by atoms with Crippen LogP contribution in [-0.4, -0.2) is 0 Å². The van der Waals surface area contributed by atoms with Crippen molar-refractivity contribution in [2.75, 3.05) is 0 Å². The Hall–Kier alpha value is -1.78. The molecule has 0 radical (unpaired) electrons. The normalized spacial score (nSPS) is 11.8. The van der Waals surface area contributed by atoms with Crippen molar-refractivity contribution in [1.29, 1.82) is 5.26 Å². The Morgan fingerprint density at radius 1 is 1.17 bits per heavy atom. The molecular weight excluding hydrogens is 242 g/mol. The summed E-state index contributed by atoms with van der Waals surface area (Å²) >= 11 is 5.96. The van der Waals surface area contributed by atoms with E-state index in [2.05, 4.69) is 37.3 Å². The Morgan fingerprint density at radius 3 is 2.50 bits per heavy atom. The van der Waals surface area contributed by atoms with Gasteiger partial charge in [0.05, 0.1) is 12.0 Å². The minimum Gasteiger partial charge on any atom is -0.198 e. The number of aryl methyl sites for hydroxylation is 1. The summed E-state index contributed by atoms with van der Waals surface area (Å²) in [7, 11) is 0. The van der Waals surface area contributed by atoms with Crippen molar-refractivity contribution >= 4 is 11.6 Å². The summed E-state index contributed by atoms with van der Waals surface area (Å²) in [6.45, 7) is 2.06. The lowest BCUT2D eigenvalue weighted by Gasteiger charge is -2.10. The molecule has 0 aromatic heterocycles. The van der Waals surface area contributed by atoms with Crippen LogP contribution >= 0.6 is 11.6 Å². The molecule has 2 aromatic rings. The highest BCUT2D eigenvalue weighted by molar-refractivity contribution is 6.30. The number of nitrogens with zero attached hydrogens (tertiary/aromatic N) is 1. The SMILES string of the molecule is Cc1ccc(CC(C#N)c2cccc(Cl)c2)cc1. The molecule has 2 aromatic carbocycles. The predicted octanol–water partition coefficient (Wildman–Crippen LogP) is 4.50. The van der Waals surface area contributed by atoms with Gasteiger partial charge in [-0.05, 0) is 36.6 Å². The van der Waals surface area contributed by atoms with E-state index >= 15 is 0 Å². The van der Waals surface area contributed by atoms with Crippen LogP contribution < -0.4 is 0 Å². The molecular formula is C16H14ClN. The van der Waals surface area contributed by atoms with Gasteiger partial charge in [0, 0.05) is 5.02 Å². The third kappa shape index (κ3) is 3.12. The smallest absolute Gasteiger partial charge is 0.0753 e. The van der Waals surface area contributed by atoms with Gasteiger partial charge in [-0.15, -0.1) is 0 Å². The highest BCUT2D eigenvalue weighted by Crippen LogP contribution is 2.23. The largest absolute Gasteiger partial charge is 0.198 e. The molecule has 0 saturated carbocycles. The molecule has 0 spiro atoms. The van der Waals surface area contributed by atoms with Crippen molar-refractivity contribution in [3.05, 3.63) is 70.2 Å². The van der Waals surface area contributed by atoms with E-state index in [1.807, 2.05) is 24.3 Å². The van der Waals surface area contributed by atoms with E-state index in [1.54, 1.807) is 0 Å². The maximum atomic E-state index is 9.29. The second-order valence-electron chi connectivity index (χ2n) is 4.43. The van der Waals surface area contributed by atoms with Crippen molar-refractivity contribution in [2.24, 2.45) is 0 Å². The van der Waals surface area contributed by atoms with Crippen LogP contribution in [0.25, 0.3) is 0 Å². The molecule has 0 aliphatic heterocycles. The zero-order valence-electron chi connectivity index (χ0n) is 10.2. The first kappa shape index (κ1) is 12.7. The molecule has 2 rings (SSSR count). The molecule has 1 unspecified atom stereocenters. The Morgan fingerprint density at radius 2 is 1.89 bits per heavy atom. The van der Waals surface area contributed by atoms with Crippen LogP contribution in [0.3, 0.4) is 0 Å². The van der Waals surface area contributed by atoms with Gasteiger partial charge < -0.3 is 0 Å². The van der Waals surface area contributed by atoms with Crippen molar-refractivity contribution in [3.8, 4) is 6.07 Å². The van der Waals surface area contributed by atoms with Gasteiger partial charge in [-0.2, -0.15) is 5.26 Å². The summed E-state index contributed by atoms with van der Waals surface area (Å²) in [6.07, 6.45) is 0.719. The maximum absolute atomic E-state index is 9.29. The van der Waals surface area contributed by atoms with Gasteiger partial charge in [0.1, 0.15) is 0 Å². The number of hydrogen-bond donors (Lipinski definition) is 0. The van der Waals surface area contributed by atoms with Gasteiger partial charge in [0.2, 0.25) is 0 Å². The summed E-state index contributed by atoms with van der Waals surface area (Å²) in [5.41, 5.74) is 3.38. The molecule has 0 saturated heterocycles. The van der Waals surface area contributed by atoms with Crippen molar-refractivity contribution in [3.63, 3.8) is 0 Å². The zero-order valence-corrected chi connectivity index (χ0v) is 11.0. The predicted molar refractivity (Wildman–Crippen MR) is 74.7 cm³/mol. The van der Waals surface area contributed by atoms with Gasteiger partial charge in [0.15, 0.2) is 0 Å². The topological polar surface area (TPSA) is 23.8 Å². The molecule has 0 amide bonds. The highest BCUT2D eigenvalue weighted by Gasteiger charge is 2.11. The maximum Gasteiger partial charge on any atom is 0.0753 e.